The molecule has 0 saturated carbocycles. The van der Waals surface area contributed by atoms with Gasteiger partial charge in [0, 0.05) is 35.8 Å². The van der Waals surface area contributed by atoms with Gasteiger partial charge in [-0.2, -0.15) is 0 Å². The zero-order valence-electron chi connectivity index (χ0n) is 18.3. The molecule has 28 heavy (non-hydrogen) atoms. The molecule has 154 valence electrons. The first-order valence-electron chi connectivity index (χ1n) is 10.3. The Kier molecular flexibility index (Phi) is 5.01. The highest BCUT2D eigenvalue weighted by Crippen LogP contribution is 2.40. The number of hydrogen-bond acceptors (Lipinski definition) is 3. The molecule has 0 spiro atoms. The lowest BCUT2D eigenvalue weighted by Gasteiger charge is -2.41. The third-order valence-corrected chi connectivity index (χ3v) is 6.13. The number of carbonyl (C=O) groups excluding carboxylic acids is 2. The Morgan fingerprint density at radius 3 is 2.11 bits per heavy atom. The first kappa shape index (κ1) is 20.7. The lowest BCUT2D eigenvalue weighted by molar-refractivity contribution is -0.141. The average Bonchev–Trinajstić information content (AvgIpc) is 3.04. The molecule has 2 aliphatic rings. The minimum atomic E-state index is -0.452. The van der Waals surface area contributed by atoms with Gasteiger partial charge in [0.2, 0.25) is 5.91 Å². The average molecular weight is 387 g/mol. The molecule has 0 bridgehead atoms. The van der Waals surface area contributed by atoms with Crippen LogP contribution in [0, 0.1) is 0 Å². The summed E-state index contributed by atoms with van der Waals surface area (Å²) in [7, 11) is 0. The summed E-state index contributed by atoms with van der Waals surface area (Å²) in [5.74, 6) is 0.192. The minimum absolute atomic E-state index is 0.0490. The van der Waals surface area contributed by atoms with Crippen molar-refractivity contribution in [3.05, 3.63) is 28.8 Å². The number of rotatable bonds is 1. The zero-order valence-corrected chi connectivity index (χ0v) is 18.3. The number of nitrogens with zero attached hydrogens (tertiary/aromatic N) is 2. The quantitative estimate of drug-likeness (QED) is 0.798. The van der Waals surface area contributed by atoms with E-state index in [1.165, 1.54) is 0 Å². The molecule has 1 aromatic carbocycles. The molecule has 1 aromatic rings. The lowest BCUT2D eigenvalue weighted by Crippen LogP contribution is -2.60. The van der Waals surface area contributed by atoms with E-state index in [1.807, 2.05) is 65.5 Å². The summed E-state index contributed by atoms with van der Waals surface area (Å²) >= 11 is 0. The number of amides is 2. The number of carbonyl (C=O) groups is 2. The number of phenols is 1. The van der Waals surface area contributed by atoms with Crippen molar-refractivity contribution >= 4 is 11.8 Å². The van der Waals surface area contributed by atoms with Gasteiger partial charge >= 0.3 is 0 Å². The fourth-order valence-electron chi connectivity index (χ4n) is 4.40. The fraction of sp³-hybridized carbons (Fsp3) is 0.652. The van der Waals surface area contributed by atoms with Crippen LogP contribution in [0.4, 0.5) is 0 Å². The van der Waals surface area contributed by atoms with Crippen molar-refractivity contribution in [3.63, 3.8) is 0 Å². The highest BCUT2D eigenvalue weighted by Gasteiger charge is 2.42. The number of piperazine rings is 1. The SMILES string of the molecule is C[C@H]1C(=O)N2CCC[C@@H]2CN1C(=O)c1cc(C(C)(C)C)c(O)c(C(C)(C)C)c1. The Labute approximate surface area is 168 Å². The molecule has 1 N–H and O–H groups in total. The summed E-state index contributed by atoms with van der Waals surface area (Å²) < 4.78 is 0. The van der Waals surface area contributed by atoms with Gasteiger partial charge in [0.1, 0.15) is 11.8 Å². The van der Waals surface area contributed by atoms with Gasteiger partial charge < -0.3 is 14.9 Å². The van der Waals surface area contributed by atoms with Crippen LogP contribution >= 0.6 is 0 Å². The summed E-state index contributed by atoms with van der Waals surface area (Å²) in [6.45, 7) is 15.4. The van der Waals surface area contributed by atoms with Crippen LogP contribution in [0.5, 0.6) is 5.75 Å². The van der Waals surface area contributed by atoms with E-state index in [1.54, 1.807) is 4.90 Å². The molecular weight excluding hydrogens is 352 g/mol. The van der Waals surface area contributed by atoms with Crippen molar-refractivity contribution < 1.29 is 14.7 Å². The second-order valence-corrected chi connectivity index (χ2v) is 10.4. The summed E-state index contributed by atoms with van der Waals surface area (Å²) in [4.78, 5) is 29.9. The molecule has 0 aromatic heterocycles. The highest BCUT2D eigenvalue weighted by molar-refractivity contribution is 5.99. The van der Waals surface area contributed by atoms with Crippen LogP contribution < -0.4 is 0 Å². The molecule has 2 saturated heterocycles. The first-order valence-corrected chi connectivity index (χ1v) is 10.3. The molecule has 2 fully saturated rings. The van der Waals surface area contributed by atoms with E-state index >= 15 is 0 Å². The van der Waals surface area contributed by atoms with Crippen LogP contribution in [0.15, 0.2) is 12.1 Å². The van der Waals surface area contributed by atoms with Crippen LogP contribution in [0.3, 0.4) is 0 Å². The Hall–Kier alpha value is -2.04. The van der Waals surface area contributed by atoms with Crippen LogP contribution in [0.2, 0.25) is 0 Å². The maximum absolute atomic E-state index is 13.5. The number of aromatic hydroxyl groups is 1. The minimum Gasteiger partial charge on any atom is -0.507 e. The van der Waals surface area contributed by atoms with Crippen molar-refractivity contribution in [2.24, 2.45) is 0 Å². The van der Waals surface area contributed by atoms with Crippen molar-refractivity contribution in [2.45, 2.75) is 84.2 Å². The van der Waals surface area contributed by atoms with E-state index in [-0.39, 0.29) is 34.4 Å². The highest BCUT2D eigenvalue weighted by atomic mass is 16.3. The second-order valence-electron chi connectivity index (χ2n) is 10.4. The van der Waals surface area contributed by atoms with Gasteiger partial charge in [-0.05, 0) is 42.7 Å². The fourth-order valence-corrected chi connectivity index (χ4v) is 4.40. The lowest BCUT2D eigenvalue weighted by atomic mass is 9.78. The van der Waals surface area contributed by atoms with Gasteiger partial charge in [-0.15, -0.1) is 0 Å². The molecule has 0 unspecified atom stereocenters. The van der Waals surface area contributed by atoms with Gasteiger partial charge in [0.05, 0.1) is 0 Å². The van der Waals surface area contributed by atoms with E-state index in [4.69, 9.17) is 0 Å². The van der Waals surface area contributed by atoms with E-state index in [9.17, 15) is 14.7 Å². The van der Waals surface area contributed by atoms with Gasteiger partial charge in [-0.3, -0.25) is 9.59 Å². The standard InChI is InChI=1S/C23H34N2O3/c1-14-20(27)24-10-8-9-16(24)13-25(14)21(28)15-11-17(22(2,3)4)19(26)18(12-15)23(5,6)7/h11-12,14,16,26H,8-10,13H2,1-7H3/t14-,16+/m0/s1. The summed E-state index contributed by atoms with van der Waals surface area (Å²) in [5, 5.41) is 10.9. The van der Waals surface area contributed by atoms with E-state index < -0.39 is 6.04 Å². The predicted molar refractivity (Wildman–Crippen MR) is 111 cm³/mol. The second kappa shape index (κ2) is 6.78. The first-order chi connectivity index (χ1) is 12.8. The van der Waals surface area contributed by atoms with Gasteiger partial charge in [0.15, 0.2) is 0 Å². The molecular formula is C23H34N2O3. The predicted octanol–water partition coefficient (Wildman–Crippen LogP) is 3.82. The van der Waals surface area contributed by atoms with Crippen LogP contribution in [0.1, 0.15) is 82.8 Å². The Morgan fingerprint density at radius 1 is 1.07 bits per heavy atom. The molecule has 5 heteroatoms. The smallest absolute Gasteiger partial charge is 0.254 e. The number of phenolic OH excluding ortho intramolecular Hbond substituents is 1. The number of fused-ring (bicyclic) bond motifs is 1. The van der Waals surface area contributed by atoms with E-state index in [2.05, 4.69) is 0 Å². The topological polar surface area (TPSA) is 60.9 Å². The van der Waals surface area contributed by atoms with E-state index in [0.29, 0.717) is 12.1 Å². The van der Waals surface area contributed by atoms with E-state index in [0.717, 1.165) is 30.5 Å². The molecule has 2 amide bonds. The summed E-state index contributed by atoms with van der Waals surface area (Å²) in [5.41, 5.74) is 1.49. The van der Waals surface area contributed by atoms with Crippen molar-refractivity contribution in [1.29, 1.82) is 0 Å². The molecule has 2 heterocycles. The zero-order chi connectivity index (χ0) is 21.0. The van der Waals surface area contributed by atoms with Crippen LogP contribution in [0.25, 0.3) is 0 Å². The van der Waals surface area contributed by atoms with Crippen molar-refractivity contribution in [3.8, 4) is 5.75 Å². The monoisotopic (exact) mass is 386 g/mol. The Balaban J connectivity index is 2.05. The van der Waals surface area contributed by atoms with Gasteiger partial charge in [-0.1, -0.05) is 41.5 Å². The largest absolute Gasteiger partial charge is 0.507 e. The van der Waals surface area contributed by atoms with Crippen molar-refractivity contribution in [1.82, 2.24) is 9.80 Å². The molecule has 2 aliphatic heterocycles. The summed E-state index contributed by atoms with van der Waals surface area (Å²) in [6.07, 6.45) is 1.96. The maximum Gasteiger partial charge on any atom is 0.254 e. The molecule has 5 nitrogen and oxygen atoms in total. The molecule has 3 rings (SSSR count). The third-order valence-electron chi connectivity index (χ3n) is 6.13. The number of hydrogen-bond donors (Lipinski definition) is 1. The van der Waals surface area contributed by atoms with Crippen LogP contribution in [-0.4, -0.2) is 51.9 Å². The maximum atomic E-state index is 13.5. The molecule has 0 radical (unpaired) electrons. The third kappa shape index (κ3) is 3.51. The molecule has 0 aliphatic carbocycles. The summed E-state index contributed by atoms with van der Waals surface area (Å²) in [6, 6.07) is 3.30. The Bertz CT molecular complexity index is 766. The molecule has 2 atom stereocenters. The van der Waals surface area contributed by atoms with Gasteiger partial charge in [0.25, 0.3) is 5.91 Å². The normalized spacial score (nSPS) is 23.2. The van der Waals surface area contributed by atoms with Crippen molar-refractivity contribution in [2.75, 3.05) is 13.1 Å². The van der Waals surface area contributed by atoms with Crippen LogP contribution in [-0.2, 0) is 15.6 Å². The Morgan fingerprint density at radius 2 is 1.61 bits per heavy atom. The van der Waals surface area contributed by atoms with Gasteiger partial charge in [-0.25, -0.2) is 0 Å². The number of benzene rings is 1.